The van der Waals surface area contributed by atoms with E-state index in [1.54, 1.807) is 24.4 Å². The van der Waals surface area contributed by atoms with Crippen molar-refractivity contribution in [3.05, 3.63) is 78.0 Å². The third-order valence-electron chi connectivity index (χ3n) is 3.95. The third-order valence-corrected chi connectivity index (χ3v) is 4.89. The Morgan fingerprint density at radius 1 is 1.06 bits per heavy atom. The molecule has 0 aliphatic heterocycles. The monoisotopic (exact) mass is 437 g/mol. The number of ether oxygens (including phenoxy) is 1. The number of anilines is 1. The Labute approximate surface area is 182 Å². The van der Waals surface area contributed by atoms with Gasteiger partial charge in [-0.15, -0.1) is 0 Å². The highest BCUT2D eigenvalue weighted by molar-refractivity contribution is 7.99. The molecule has 158 valence electrons. The first-order valence-corrected chi connectivity index (χ1v) is 10.1. The lowest BCUT2D eigenvalue weighted by Gasteiger charge is -2.11. The van der Waals surface area contributed by atoms with E-state index in [0.29, 0.717) is 11.3 Å². The molecular formula is C21H19N5O4S. The molecule has 3 rings (SSSR count). The molecule has 0 fully saturated rings. The Kier molecular flexibility index (Phi) is 7.66. The standard InChI is InChI=1S/C21H19N5O4S/c1-30-21(29)15-8-14(11-25-18(27)13-31-19-4-2-3-5-24-19)9-16(10-15)26-20(28)17-12-22-6-7-23-17/h2-10,12H,11,13H2,1H3,(H,25,27)(H,26,28). The summed E-state index contributed by atoms with van der Waals surface area (Å²) in [6.07, 6.45) is 5.86. The molecule has 9 nitrogen and oxygen atoms in total. The van der Waals surface area contributed by atoms with Gasteiger partial charge in [0.05, 0.1) is 29.6 Å². The van der Waals surface area contributed by atoms with E-state index in [4.69, 9.17) is 4.74 Å². The van der Waals surface area contributed by atoms with E-state index < -0.39 is 11.9 Å². The largest absolute Gasteiger partial charge is 0.465 e. The highest BCUT2D eigenvalue weighted by Gasteiger charge is 2.13. The van der Waals surface area contributed by atoms with Crippen molar-refractivity contribution in [1.82, 2.24) is 20.3 Å². The first kappa shape index (κ1) is 21.9. The van der Waals surface area contributed by atoms with E-state index in [0.717, 1.165) is 5.03 Å². The van der Waals surface area contributed by atoms with Gasteiger partial charge < -0.3 is 15.4 Å². The maximum atomic E-state index is 12.4. The van der Waals surface area contributed by atoms with Crippen molar-refractivity contribution >= 4 is 35.2 Å². The van der Waals surface area contributed by atoms with Gasteiger partial charge in [-0.2, -0.15) is 0 Å². The zero-order chi connectivity index (χ0) is 22.1. The van der Waals surface area contributed by atoms with Crippen LogP contribution in [0.4, 0.5) is 5.69 Å². The van der Waals surface area contributed by atoms with Crippen LogP contribution in [0.3, 0.4) is 0 Å². The Hall–Kier alpha value is -3.79. The molecule has 2 aromatic heterocycles. The number of nitrogens with one attached hydrogen (secondary N) is 2. The molecule has 0 unspecified atom stereocenters. The highest BCUT2D eigenvalue weighted by Crippen LogP contribution is 2.18. The van der Waals surface area contributed by atoms with E-state index in [1.807, 2.05) is 12.1 Å². The number of carbonyl (C=O) groups excluding carboxylic acids is 3. The molecule has 2 heterocycles. The normalized spacial score (nSPS) is 10.2. The number of benzene rings is 1. The fourth-order valence-electron chi connectivity index (χ4n) is 2.54. The molecule has 0 spiro atoms. The molecule has 31 heavy (non-hydrogen) atoms. The molecule has 3 aromatic rings. The third kappa shape index (κ3) is 6.61. The number of esters is 1. The van der Waals surface area contributed by atoms with Crippen molar-refractivity contribution in [2.45, 2.75) is 11.6 Å². The smallest absolute Gasteiger partial charge is 0.337 e. The topological polar surface area (TPSA) is 123 Å². The summed E-state index contributed by atoms with van der Waals surface area (Å²) < 4.78 is 4.78. The van der Waals surface area contributed by atoms with Gasteiger partial charge in [-0.05, 0) is 35.9 Å². The summed E-state index contributed by atoms with van der Waals surface area (Å²) in [5.74, 6) is -1.03. The summed E-state index contributed by atoms with van der Waals surface area (Å²) >= 11 is 1.32. The number of pyridine rings is 1. The van der Waals surface area contributed by atoms with Crippen molar-refractivity contribution in [2.75, 3.05) is 18.2 Å². The molecule has 2 N–H and O–H groups in total. The molecule has 0 saturated carbocycles. The van der Waals surface area contributed by atoms with Gasteiger partial charge >= 0.3 is 5.97 Å². The average Bonchev–Trinajstić information content (AvgIpc) is 2.82. The van der Waals surface area contributed by atoms with E-state index in [9.17, 15) is 14.4 Å². The molecule has 10 heteroatoms. The molecule has 0 aliphatic carbocycles. The van der Waals surface area contributed by atoms with Crippen molar-refractivity contribution < 1.29 is 19.1 Å². The van der Waals surface area contributed by atoms with Crippen molar-refractivity contribution in [3.63, 3.8) is 0 Å². The summed E-state index contributed by atoms with van der Waals surface area (Å²) in [4.78, 5) is 48.5. The van der Waals surface area contributed by atoms with Crippen molar-refractivity contribution in [3.8, 4) is 0 Å². The van der Waals surface area contributed by atoms with Gasteiger partial charge in [0, 0.05) is 30.8 Å². The second-order valence-electron chi connectivity index (χ2n) is 6.19. The second kappa shape index (κ2) is 10.8. The highest BCUT2D eigenvalue weighted by atomic mass is 32.2. The fraction of sp³-hybridized carbons (Fsp3) is 0.143. The zero-order valence-corrected chi connectivity index (χ0v) is 17.4. The van der Waals surface area contributed by atoms with Gasteiger partial charge in [0.1, 0.15) is 5.69 Å². The summed E-state index contributed by atoms with van der Waals surface area (Å²) in [7, 11) is 1.27. The summed E-state index contributed by atoms with van der Waals surface area (Å²) in [6.45, 7) is 0.167. The SMILES string of the molecule is COC(=O)c1cc(CNC(=O)CSc2ccccn2)cc(NC(=O)c2cnccn2)c1. The van der Waals surface area contributed by atoms with E-state index in [1.165, 1.54) is 43.5 Å². The lowest BCUT2D eigenvalue weighted by molar-refractivity contribution is -0.118. The van der Waals surface area contributed by atoms with Crippen LogP contribution in [0.2, 0.25) is 0 Å². The quantitative estimate of drug-likeness (QED) is 0.407. The van der Waals surface area contributed by atoms with Gasteiger partial charge in [0.2, 0.25) is 5.91 Å². The lowest BCUT2D eigenvalue weighted by atomic mass is 10.1. The summed E-state index contributed by atoms with van der Waals surface area (Å²) in [5.41, 5.74) is 1.36. The van der Waals surface area contributed by atoms with Crippen LogP contribution >= 0.6 is 11.8 Å². The average molecular weight is 437 g/mol. The van der Waals surface area contributed by atoms with Gasteiger partial charge in [-0.1, -0.05) is 17.8 Å². The number of carbonyl (C=O) groups is 3. The molecule has 0 saturated heterocycles. The summed E-state index contributed by atoms with van der Waals surface area (Å²) in [5, 5.41) is 6.22. The van der Waals surface area contributed by atoms with Gasteiger partial charge in [-0.25, -0.2) is 14.8 Å². The number of amides is 2. The van der Waals surface area contributed by atoms with Gasteiger partial charge in [-0.3, -0.25) is 14.6 Å². The van der Waals surface area contributed by atoms with Crippen LogP contribution < -0.4 is 10.6 Å². The van der Waals surface area contributed by atoms with E-state index in [-0.39, 0.29) is 29.5 Å². The van der Waals surface area contributed by atoms with Crippen LogP contribution in [-0.4, -0.2) is 45.6 Å². The lowest BCUT2D eigenvalue weighted by Crippen LogP contribution is -2.25. The number of methoxy groups -OCH3 is 1. The maximum Gasteiger partial charge on any atom is 0.337 e. The zero-order valence-electron chi connectivity index (χ0n) is 16.6. The molecule has 1 aromatic carbocycles. The Bertz CT molecular complexity index is 1060. The van der Waals surface area contributed by atoms with Crippen molar-refractivity contribution in [1.29, 1.82) is 0 Å². The molecule has 2 amide bonds. The predicted octanol–water partition coefficient (Wildman–Crippen LogP) is 2.32. The number of nitrogens with zero attached hydrogens (tertiary/aromatic N) is 3. The number of aromatic nitrogens is 3. The fourth-order valence-corrected chi connectivity index (χ4v) is 3.23. The van der Waals surface area contributed by atoms with Crippen LogP contribution in [0.5, 0.6) is 0 Å². The molecular weight excluding hydrogens is 418 g/mol. The minimum atomic E-state index is -0.561. The van der Waals surface area contributed by atoms with Crippen LogP contribution in [0.1, 0.15) is 26.4 Å². The van der Waals surface area contributed by atoms with Crippen LogP contribution in [-0.2, 0) is 16.1 Å². The molecule has 0 atom stereocenters. The minimum absolute atomic E-state index is 0.132. The number of hydrogen-bond acceptors (Lipinski definition) is 8. The Morgan fingerprint density at radius 2 is 1.94 bits per heavy atom. The van der Waals surface area contributed by atoms with Crippen molar-refractivity contribution in [2.24, 2.45) is 0 Å². The Morgan fingerprint density at radius 3 is 2.65 bits per heavy atom. The summed E-state index contributed by atoms with van der Waals surface area (Å²) in [6, 6.07) is 10.2. The van der Waals surface area contributed by atoms with E-state index in [2.05, 4.69) is 25.6 Å². The predicted molar refractivity (Wildman–Crippen MR) is 115 cm³/mol. The number of hydrogen-bond donors (Lipinski definition) is 2. The molecule has 0 aliphatic rings. The van der Waals surface area contributed by atoms with E-state index >= 15 is 0 Å². The number of thioether (sulfide) groups is 1. The maximum absolute atomic E-state index is 12.4. The second-order valence-corrected chi connectivity index (χ2v) is 7.18. The molecule has 0 radical (unpaired) electrons. The van der Waals surface area contributed by atoms with Crippen LogP contribution in [0.15, 0.2) is 66.2 Å². The molecule has 0 bridgehead atoms. The van der Waals surface area contributed by atoms with Crippen LogP contribution in [0, 0.1) is 0 Å². The van der Waals surface area contributed by atoms with Gasteiger partial charge in [0.25, 0.3) is 5.91 Å². The first-order chi connectivity index (χ1) is 15.0. The number of rotatable bonds is 8. The van der Waals surface area contributed by atoms with Gasteiger partial charge in [0.15, 0.2) is 0 Å². The minimum Gasteiger partial charge on any atom is -0.465 e. The van der Waals surface area contributed by atoms with Crippen LogP contribution in [0.25, 0.3) is 0 Å². The Balaban J connectivity index is 1.67. The first-order valence-electron chi connectivity index (χ1n) is 9.15.